The van der Waals surface area contributed by atoms with Gasteiger partial charge in [0.25, 0.3) is 0 Å². The van der Waals surface area contributed by atoms with Crippen molar-refractivity contribution >= 4 is 11.4 Å². The smallest absolute Gasteiger partial charge is 0.0845 e. The van der Waals surface area contributed by atoms with Crippen molar-refractivity contribution in [2.45, 2.75) is 75.2 Å². The summed E-state index contributed by atoms with van der Waals surface area (Å²) in [6.45, 7) is 20.8. The van der Waals surface area contributed by atoms with E-state index in [9.17, 15) is 0 Å². The van der Waals surface area contributed by atoms with Gasteiger partial charge in [-0.15, -0.1) is 0 Å². The van der Waals surface area contributed by atoms with Crippen LogP contribution in [0.25, 0.3) is 0 Å². The number of aromatic nitrogens is 1. The third kappa shape index (κ3) is 14.8. The zero-order valence-corrected chi connectivity index (χ0v) is 19.1. The molecule has 1 N–H and O–H groups in total. The highest BCUT2D eigenvalue weighted by atomic mass is 14.8. The average Bonchev–Trinajstić information content (AvgIpc) is 2.73. The van der Waals surface area contributed by atoms with Crippen molar-refractivity contribution < 1.29 is 0 Å². The largest absolute Gasteiger partial charge is 0.320 e. The van der Waals surface area contributed by atoms with E-state index in [4.69, 9.17) is 0 Å². The molecule has 0 aliphatic carbocycles. The van der Waals surface area contributed by atoms with Crippen molar-refractivity contribution in [2.24, 2.45) is 9.98 Å². The number of nitrogens with zero attached hydrogens (tertiary/aromatic N) is 3. The van der Waals surface area contributed by atoms with Crippen molar-refractivity contribution in [1.29, 1.82) is 0 Å². The van der Waals surface area contributed by atoms with Crippen LogP contribution in [-0.2, 0) is 0 Å². The van der Waals surface area contributed by atoms with Gasteiger partial charge < -0.3 is 5.32 Å². The van der Waals surface area contributed by atoms with E-state index in [-0.39, 0.29) is 0 Å². The minimum absolute atomic E-state index is 0.835. The lowest BCUT2D eigenvalue weighted by molar-refractivity contribution is 0.734. The van der Waals surface area contributed by atoms with Crippen LogP contribution in [0.5, 0.6) is 0 Å². The van der Waals surface area contributed by atoms with E-state index in [0.717, 1.165) is 55.3 Å². The Labute approximate surface area is 163 Å². The molecule has 0 saturated carbocycles. The maximum atomic E-state index is 4.65. The second-order valence-electron chi connectivity index (χ2n) is 4.80. The van der Waals surface area contributed by atoms with Gasteiger partial charge in [0, 0.05) is 13.1 Å². The van der Waals surface area contributed by atoms with Crippen LogP contribution in [0.2, 0.25) is 0 Å². The molecule has 1 heterocycles. The highest BCUT2D eigenvalue weighted by molar-refractivity contribution is 6.00. The first kappa shape index (κ1) is 29.2. The lowest BCUT2D eigenvalue weighted by atomic mass is 10.2. The monoisotopic (exact) mass is 364 g/mol. The summed E-state index contributed by atoms with van der Waals surface area (Å²) in [5.41, 5.74) is 3.88. The van der Waals surface area contributed by atoms with Gasteiger partial charge in [-0.1, -0.05) is 54.5 Å². The van der Waals surface area contributed by atoms with Crippen LogP contribution in [0.15, 0.2) is 28.2 Å². The molecule has 0 aliphatic heterocycles. The van der Waals surface area contributed by atoms with Crippen molar-refractivity contribution in [3.63, 3.8) is 0 Å². The predicted molar refractivity (Wildman–Crippen MR) is 121 cm³/mol. The van der Waals surface area contributed by atoms with Crippen molar-refractivity contribution in [2.75, 3.05) is 26.7 Å². The Balaban J connectivity index is -0.000000795. The first-order chi connectivity index (χ1) is 12.7. The summed E-state index contributed by atoms with van der Waals surface area (Å²) in [5.74, 6) is 0. The molecule has 0 atom stereocenters. The number of aliphatic imine (C=N–C) groups is 2. The van der Waals surface area contributed by atoms with Crippen LogP contribution in [0.4, 0.5) is 0 Å². The van der Waals surface area contributed by atoms with Gasteiger partial charge in [0.2, 0.25) is 0 Å². The first-order valence-electron chi connectivity index (χ1n) is 10.3. The summed E-state index contributed by atoms with van der Waals surface area (Å²) in [5, 5.41) is 3.12. The van der Waals surface area contributed by atoms with E-state index in [1.165, 1.54) is 0 Å². The molecule has 1 rings (SSSR count). The Bertz CT molecular complexity index is 465. The predicted octanol–water partition coefficient (Wildman–Crippen LogP) is 5.80. The maximum Gasteiger partial charge on any atom is 0.0845 e. The Morgan fingerprint density at radius 2 is 1.35 bits per heavy atom. The van der Waals surface area contributed by atoms with Gasteiger partial charge in [0.1, 0.15) is 0 Å². The number of rotatable bonds is 8. The third-order valence-corrected chi connectivity index (χ3v) is 3.00. The molecule has 0 amide bonds. The van der Waals surface area contributed by atoms with Crippen LogP contribution in [0.1, 0.15) is 86.5 Å². The van der Waals surface area contributed by atoms with Gasteiger partial charge in [0.05, 0.1) is 22.8 Å². The fraction of sp³-hybridized carbons (Fsp3) is 0.682. The molecule has 152 valence electrons. The molecule has 1 aromatic heterocycles. The summed E-state index contributed by atoms with van der Waals surface area (Å²) in [4.78, 5) is 13.7. The van der Waals surface area contributed by atoms with Crippen molar-refractivity contribution in [3.8, 4) is 0 Å². The lowest BCUT2D eigenvalue weighted by Gasteiger charge is -2.05. The van der Waals surface area contributed by atoms with Crippen LogP contribution < -0.4 is 5.32 Å². The molecule has 0 unspecified atom stereocenters. The highest BCUT2D eigenvalue weighted by Gasteiger charge is 2.03. The Kier molecular flexibility index (Phi) is 26.4. The van der Waals surface area contributed by atoms with E-state index in [1.807, 2.05) is 80.6 Å². The molecule has 0 saturated heterocycles. The summed E-state index contributed by atoms with van der Waals surface area (Å²) in [6, 6.07) is 6.04. The van der Waals surface area contributed by atoms with Gasteiger partial charge in [-0.2, -0.15) is 0 Å². The number of pyridine rings is 1. The Morgan fingerprint density at radius 1 is 0.885 bits per heavy atom. The number of hydrogen-bond donors (Lipinski definition) is 1. The molecule has 0 aromatic carbocycles. The molecule has 0 fully saturated rings. The molecule has 0 radical (unpaired) electrons. The molecule has 1 aromatic rings. The van der Waals surface area contributed by atoms with E-state index < -0.39 is 0 Å². The molecule has 0 bridgehead atoms. The quantitative estimate of drug-likeness (QED) is 0.468. The zero-order valence-electron chi connectivity index (χ0n) is 19.1. The van der Waals surface area contributed by atoms with Gasteiger partial charge >= 0.3 is 0 Å². The second kappa shape index (κ2) is 23.4. The standard InChI is InChI=1S/C16H26N4.3C2H6/c1-5-10-18-13(2)15-8-6-9-16(20-15)14(3)19-12-7-11-17-4;3*1-2/h6,8-9,17H,5,7,10-12H2,1-4H3;3*1-2H3. The molecular formula is C22H44N4. The van der Waals surface area contributed by atoms with E-state index >= 15 is 0 Å². The molecule has 0 spiro atoms. The van der Waals surface area contributed by atoms with Crippen molar-refractivity contribution in [1.82, 2.24) is 10.3 Å². The summed E-state index contributed by atoms with van der Waals surface area (Å²) in [6.07, 6.45) is 2.10. The van der Waals surface area contributed by atoms with Gasteiger partial charge in [-0.3, -0.25) is 9.98 Å². The van der Waals surface area contributed by atoms with Crippen LogP contribution in [-0.4, -0.2) is 43.1 Å². The molecule has 0 aliphatic rings. The zero-order chi connectivity index (χ0) is 20.8. The molecule has 4 nitrogen and oxygen atoms in total. The number of nitrogens with one attached hydrogen (secondary N) is 1. The molecule has 26 heavy (non-hydrogen) atoms. The Morgan fingerprint density at radius 3 is 1.77 bits per heavy atom. The van der Waals surface area contributed by atoms with E-state index in [2.05, 4.69) is 27.2 Å². The van der Waals surface area contributed by atoms with Crippen LogP contribution in [0, 0.1) is 0 Å². The minimum atomic E-state index is 0.835. The average molecular weight is 365 g/mol. The molecular weight excluding hydrogens is 320 g/mol. The summed E-state index contributed by atoms with van der Waals surface area (Å²) in [7, 11) is 1.96. The topological polar surface area (TPSA) is 49.6 Å². The van der Waals surface area contributed by atoms with E-state index in [0.29, 0.717) is 0 Å². The van der Waals surface area contributed by atoms with Gasteiger partial charge in [-0.25, -0.2) is 4.98 Å². The minimum Gasteiger partial charge on any atom is -0.320 e. The van der Waals surface area contributed by atoms with Crippen molar-refractivity contribution in [3.05, 3.63) is 29.6 Å². The van der Waals surface area contributed by atoms with Gasteiger partial charge in [0.15, 0.2) is 0 Å². The number of hydrogen-bond acceptors (Lipinski definition) is 4. The van der Waals surface area contributed by atoms with Gasteiger partial charge in [-0.05, 0) is 52.4 Å². The van der Waals surface area contributed by atoms with Crippen LogP contribution >= 0.6 is 0 Å². The SMILES string of the molecule is CC.CC.CC.CCCN=C(C)c1cccc(C(C)=NCCCNC)n1. The highest BCUT2D eigenvalue weighted by Crippen LogP contribution is 2.04. The molecule has 4 heteroatoms. The van der Waals surface area contributed by atoms with E-state index in [1.54, 1.807) is 0 Å². The maximum absolute atomic E-state index is 4.65. The fourth-order valence-corrected chi connectivity index (χ4v) is 1.78. The van der Waals surface area contributed by atoms with Crippen LogP contribution in [0.3, 0.4) is 0 Å². The summed E-state index contributed by atoms with van der Waals surface area (Å²) >= 11 is 0. The first-order valence-corrected chi connectivity index (χ1v) is 10.3. The normalized spacial score (nSPS) is 10.5. The summed E-state index contributed by atoms with van der Waals surface area (Å²) < 4.78 is 0. The second-order valence-corrected chi connectivity index (χ2v) is 4.80. The Hall–Kier alpha value is -1.55. The fourth-order valence-electron chi connectivity index (χ4n) is 1.78. The lowest BCUT2D eigenvalue weighted by Crippen LogP contribution is -2.10. The third-order valence-electron chi connectivity index (χ3n) is 3.00.